The molecule has 27 heavy (non-hydrogen) atoms. The Kier molecular flexibility index (Phi) is 2.52. The van der Waals surface area contributed by atoms with Gasteiger partial charge in [0.1, 0.15) is 12.8 Å². The average molecular weight is 374 g/mol. The van der Waals surface area contributed by atoms with Crippen molar-refractivity contribution in [1.29, 1.82) is 0 Å². The molecule has 2 atom stereocenters. The summed E-state index contributed by atoms with van der Waals surface area (Å²) in [4.78, 5) is 25.0. The zero-order valence-electron chi connectivity index (χ0n) is 14.5. The van der Waals surface area contributed by atoms with Crippen LogP contribution in [0.4, 0.5) is 0 Å². The van der Waals surface area contributed by atoms with Gasteiger partial charge in [-0.25, -0.2) is 0 Å². The van der Waals surface area contributed by atoms with Crippen molar-refractivity contribution in [3.05, 3.63) is 0 Å². The van der Waals surface area contributed by atoms with Gasteiger partial charge in [-0.3, -0.25) is 0 Å². The summed E-state index contributed by atoms with van der Waals surface area (Å²) >= 11 is 0. The summed E-state index contributed by atoms with van der Waals surface area (Å²) in [5, 5.41) is 0. The highest BCUT2D eigenvalue weighted by atomic mass is 16.8. The lowest BCUT2D eigenvalue weighted by Gasteiger charge is -2.43. The van der Waals surface area contributed by atoms with Crippen molar-refractivity contribution in [2.45, 2.75) is 57.6 Å². The Hall–Kier alpha value is -3.18. The zero-order chi connectivity index (χ0) is 18.3. The topological polar surface area (TPSA) is 130 Å². The van der Waals surface area contributed by atoms with Gasteiger partial charge in [0.05, 0.1) is 0 Å². The van der Waals surface area contributed by atoms with Crippen LogP contribution < -0.4 is 0 Å². The van der Waals surface area contributed by atoms with E-state index in [-0.39, 0.29) is 0 Å². The molecule has 6 aliphatic heterocycles. The maximum Gasteiger partial charge on any atom is 0.478 e. The van der Waals surface area contributed by atoms with E-state index in [1.165, 1.54) is 0 Å². The van der Waals surface area contributed by atoms with Crippen LogP contribution >= 0.6 is 0 Å². The van der Waals surface area contributed by atoms with Gasteiger partial charge in [-0.15, -0.1) is 30.0 Å². The number of nitrogens with zero attached hydrogens (tertiary/aromatic N) is 6. The Morgan fingerprint density at radius 2 is 0.704 bits per heavy atom. The van der Waals surface area contributed by atoms with E-state index in [9.17, 15) is 0 Å². The molecule has 0 radical (unpaired) electrons. The first kappa shape index (κ1) is 14.9. The fourth-order valence-electron chi connectivity index (χ4n) is 3.04. The van der Waals surface area contributed by atoms with E-state index in [0.717, 1.165) is 0 Å². The monoisotopic (exact) mass is 374 g/mol. The van der Waals surface area contributed by atoms with E-state index in [0.29, 0.717) is 61.1 Å². The first-order valence-electron chi connectivity index (χ1n) is 8.67. The summed E-state index contributed by atoms with van der Waals surface area (Å²) in [6.45, 7) is 3.88. The lowest BCUT2D eigenvalue weighted by Crippen LogP contribution is -2.56. The minimum absolute atomic E-state index is 0.297. The van der Waals surface area contributed by atoms with Crippen molar-refractivity contribution < 1.29 is 28.4 Å². The highest BCUT2D eigenvalue weighted by Gasteiger charge is 2.57. The molecule has 0 aromatic heterocycles. The second-order valence-electron chi connectivity index (χ2n) is 6.35. The first-order chi connectivity index (χ1) is 13.0. The van der Waals surface area contributed by atoms with Crippen molar-refractivity contribution in [2.75, 3.05) is 0 Å². The van der Waals surface area contributed by atoms with Crippen LogP contribution in [0.1, 0.15) is 39.5 Å². The largest absolute Gasteiger partial charge is 0.478 e. The maximum absolute atomic E-state index is 5.47. The van der Waals surface area contributed by atoms with Crippen LogP contribution in [0.5, 0.6) is 0 Å². The molecule has 0 saturated heterocycles. The fourth-order valence-corrected chi connectivity index (χ4v) is 3.04. The van der Waals surface area contributed by atoms with Gasteiger partial charge >= 0.3 is 18.1 Å². The summed E-state index contributed by atoms with van der Waals surface area (Å²) in [5.74, 6) is 3.00. The lowest BCUT2D eigenvalue weighted by atomic mass is 10.3. The summed E-state index contributed by atoms with van der Waals surface area (Å²) < 4.78 is 32.4. The third-order valence-electron chi connectivity index (χ3n) is 4.31. The summed E-state index contributed by atoms with van der Waals surface area (Å²) in [7, 11) is 0. The molecular weight excluding hydrogens is 360 g/mol. The molecule has 12 heteroatoms. The van der Waals surface area contributed by atoms with Crippen molar-refractivity contribution in [3.8, 4) is 0 Å². The molecule has 0 aliphatic carbocycles. The van der Waals surface area contributed by atoms with Gasteiger partial charge in [-0.2, -0.15) is 0 Å². The minimum atomic E-state index is -1.28. The van der Waals surface area contributed by atoms with E-state index in [1.54, 1.807) is 0 Å². The molecular formula is C15H14N6O6. The Morgan fingerprint density at radius 1 is 0.481 bits per heavy atom. The lowest BCUT2D eigenvalue weighted by molar-refractivity contribution is -0.197. The van der Waals surface area contributed by atoms with Gasteiger partial charge in [0, 0.05) is 12.8 Å². The molecule has 0 fully saturated rings. The Bertz CT molecular complexity index is 874. The smallest absolute Gasteiger partial charge is 0.401 e. The standard InChI is InChI=1S/C15H14N6O6/c1-3-7-16-13(22-7)18-9(24-13)5-11-20-15(26-11)21-12(27-15)6-10-19-14(25-10)17-8(4-2)23-14/h3-6H2,1-2H3. The number of aliphatic imine (C=N–C) groups is 6. The van der Waals surface area contributed by atoms with Crippen LogP contribution in [-0.4, -0.2) is 53.5 Å². The van der Waals surface area contributed by atoms with Crippen LogP contribution in [-0.2, 0) is 28.4 Å². The molecule has 3 spiro atoms. The van der Waals surface area contributed by atoms with Crippen molar-refractivity contribution in [3.63, 3.8) is 0 Å². The van der Waals surface area contributed by atoms with Gasteiger partial charge in [-0.05, 0) is 0 Å². The van der Waals surface area contributed by atoms with Gasteiger partial charge in [0.25, 0.3) is 0 Å². The fraction of sp³-hybridized carbons (Fsp3) is 0.600. The second kappa shape index (κ2) is 4.56. The predicted octanol–water partition coefficient (Wildman–Crippen LogP) is 0.993. The number of hydrogen-bond donors (Lipinski definition) is 0. The predicted molar refractivity (Wildman–Crippen MR) is 89.1 cm³/mol. The average Bonchev–Trinajstić information content (AvgIpc) is 2.43. The molecule has 6 rings (SSSR count). The quantitative estimate of drug-likeness (QED) is 0.682. The van der Waals surface area contributed by atoms with E-state index in [1.807, 2.05) is 13.8 Å². The molecule has 12 nitrogen and oxygen atoms in total. The maximum atomic E-state index is 5.47. The van der Waals surface area contributed by atoms with Gasteiger partial charge in [-0.1, -0.05) is 13.8 Å². The van der Waals surface area contributed by atoms with Crippen molar-refractivity contribution in [2.24, 2.45) is 30.0 Å². The normalized spacial score (nSPS) is 38.4. The highest BCUT2D eigenvalue weighted by molar-refractivity contribution is 6.04. The third kappa shape index (κ3) is 2.09. The minimum Gasteiger partial charge on any atom is -0.401 e. The molecule has 0 saturated carbocycles. The van der Waals surface area contributed by atoms with Gasteiger partial charge in [0.2, 0.25) is 35.4 Å². The summed E-state index contributed by atoms with van der Waals surface area (Å²) in [5.41, 5.74) is 0. The number of ether oxygens (including phenoxy) is 6. The highest BCUT2D eigenvalue weighted by Crippen LogP contribution is 2.41. The second-order valence-corrected chi connectivity index (χ2v) is 6.35. The Labute approximate surface area is 152 Å². The zero-order valence-corrected chi connectivity index (χ0v) is 14.5. The Morgan fingerprint density at radius 3 is 0.926 bits per heavy atom. The molecule has 0 bridgehead atoms. The van der Waals surface area contributed by atoms with Crippen LogP contribution in [0.25, 0.3) is 0 Å². The van der Waals surface area contributed by atoms with Crippen LogP contribution in [0.2, 0.25) is 0 Å². The van der Waals surface area contributed by atoms with Crippen molar-refractivity contribution >= 4 is 35.4 Å². The molecule has 0 N–H and O–H groups in total. The number of hydrogen-bond acceptors (Lipinski definition) is 12. The molecule has 6 aliphatic rings. The molecule has 0 aromatic rings. The molecule has 6 heterocycles. The van der Waals surface area contributed by atoms with E-state index in [2.05, 4.69) is 30.0 Å². The molecule has 0 aromatic carbocycles. The molecule has 0 amide bonds. The SMILES string of the molecule is CCC1=NC2(N=C(CC3=NC4(N=C(CC5=NC6(N=C(CC)O6)O5)O4)O3)O2)O1. The van der Waals surface area contributed by atoms with Crippen molar-refractivity contribution in [1.82, 2.24) is 0 Å². The van der Waals surface area contributed by atoms with E-state index in [4.69, 9.17) is 28.4 Å². The van der Waals surface area contributed by atoms with E-state index >= 15 is 0 Å². The number of rotatable bonds is 6. The summed E-state index contributed by atoms with van der Waals surface area (Å²) in [6, 6.07) is -3.60. The van der Waals surface area contributed by atoms with Gasteiger partial charge in [0.15, 0.2) is 0 Å². The molecule has 2 unspecified atom stereocenters. The van der Waals surface area contributed by atoms with Crippen LogP contribution in [0.3, 0.4) is 0 Å². The summed E-state index contributed by atoms with van der Waals surface area (Å²) in [6.07, 6.45) is 2.02. The van der Waals surface area contributed by atoms with Gasteiger partial charge < -0.3 is 28.4 Å². The molecule has 140 valence electrons. The first-order valence-corrected chi connectivity index (χ1v) is 8.67. The van der Waals surface area contributed by atoms with Crippen LogP contribution in [0, 0.1) is 0 Å². The van der Waals surface area contributed by atoms with E-state index < -0.39 is 18.1 Å². The van der Waals surface area contributed by atoms with Crippen LogP contribution in [0.15, 0.2) is 30.0 Å². The third-order valence-corrected chi connectivity index (χ3v) is 4.31. The Balaban J connectivity index is 1.01.